The zero-order valence-corrected chi connectivity index (χ0v) is 18.7. The molecule has 1 N–H and O–H groups in total. The minimum absolute atomic E-state index is 0.115. The third-order valence-corrected chi connectivity index (χ3v) is 6.10. The largest absolute Gasteiger partial charge is 0.350 e. The normalized spacial score (nSPS) is 11.5. The molecular formula is C27H23FN2O2S. The van der Waals surface area contributed by atoms with Crippen LogP contribution >= 0.6 is 11.3 Å². The quantitative estimate of drug-likeness (QED) is 0.378. The molecule has 4 nitrogen and oxygen atoms in total. The van der Waals surface area contributed by atoms with E-state index in [2.05, 4.69) is 5.32 Å². The number of nitrogens with zero attached hydrogens (tertiary/aromatic N) is 1. The number of amides is 2. The SMILES string of the molecule is O=C(NCc1ccccc1)[C@H](c1ccccc1F)N(C(=O)Cc1cccs1)c1ccccc1. The van der Waals surface area contributed by atoms with E-state index >= 15 is 0 Å². The average molecular weight is 459 g/mol. The predicted molar refractivity (Wildman–Crippen MR) is 129 cm³/mol. The summed E-state index contributed by atoms with van der Waals surface area (Å²) in [7, 11) is 0. The fourth-order valence-corrected chi connectivity index (χ4v) is 4.35. The van der Waals surface area contributed by atoms with Crippen LogP contribution in [0.15, 0.2) is 102 Å². The first-order valence-corrected chi connectivity index (χ1v) is 11.5. The first-order chi connectivity index (χ1) is 16.1. The van der Waals surface area contributed by atoms with E-state index in [0.29, 0.717) is 5.69 Å². The van der Waals surface area contributed by atoms with Crippen molar-refractivity contribution < 1.29 is 14.0 Å². The maximum Gasteiger partial charge on any atom is 0.248 e. The van der Waals surface area contributed by atoms with Crippen molar-refractivity contribution in [2.75, 3.05) is 4.90 Å². The fraction of sp³-hybridized carbons (Fsp3) is 0.111. The summed E-state index contributed by atoms with van der Waals surface area (Å²) in [6.07, 6.45) is 0.115. The van der Waals surface area contributed by atoms with Gasteiger partial charge in [-0.1, -0.05) is 72.8 Å². The standard InChI is InChI=1S/C27H23FN2O2S/c28-24-16-8-7-15-23(24)26(27(32)29-19-20-10-3-1-4-11-20)30(21-12-5-2-6-13-21)25(31)18-22-14-9-17-33-22/h1-17,26H,18-19H2,(H,29,32)/t26-/m0/s1. The van der Waals surface area contributed by atoms with Gasteiger partial charge >= 0.3 is 0 Å². The highest BCUT2D eigenvalue weighted by molar-refractivity contribution is 7.10. The van der Waals surface area contributed by atoms with Gasteiger partial charge in [-0.15, -0.1) is 11.3 Å². The molecule has 0 bridgehead atoms. The number of halogens is 1. The summed E-state index contributed by atoms with van der Waals surface area (Å²) in [5.41, 5.74) is 1.59. The molecule has 3 aromatic carbocycles. The first-order valence-electron chi connectivity index (χ1n) is 10.6. The number of hydrogen-bond acceptors (Lipinski definition) is 3. The van der Waals surface area contributed by atoms with E-state index in [-0.39, 0.29) is 24.4 Å². The lowest BCUT2D eigenvalue weighted by Gasteiger charge is -2.31. The van der Waals surface area contributed by atoms with Gasteiger partial charge in [0.15, 0.2) is 0 Å². The topological polar surface area (TPSA) is 49.4 Å². The van der Waals surface area contributed by atoms with Crippen molar-refractivity contribution >= 4 is 28.8 Å². The van der Waals surface area contributed by atoms with Gasteiger partial charge in [0, 0.05) is 22.7 Å². The highest BCUT2D eigenvalue weighted by atomic mass is 32.1. The lowest BCUT2D eigenvalue weighted by molar-refractivity contribution is -0.126. The van der Waals surface area contributed by atoms with Crippen LogP contribution in [-0.4, -0.2) is 11.8 Å². The molecular weight excluding hydrogens is 435 g/mol. The number of para-hydroxylation sites is 1. The number of carbonyl (C=O) groups excluding carboxylic acids is 2. The Morgan fingerprint density at radius 2 is 1.52 bits per heavy atom. The summed E-state index contributed by atoms with van der Waals surface area (Å²) in [5, 5.41) is 4.79. The molecule has 0 unspecified atom stereocenters. The van der Waals surface area contributed by atoms with E-state index in [4.69, 9.17) is 0 Å². The summed E-state index contributed by atoms with van der Waals surface area (Å²) in [4.78, 5) is 29.3. The van der Waals surface area contributed by atoms with Crippen molar-refractivity contribution in [1.82, 2.24) is 5.32 Å². The van der Waals surface area contributed by atoms with Gasteiger partial charge in [-0.3, -0.25) is 14.5 Å². The molecule has 1 atom stereocenters. The molecule has 166 valence electrons. The van der Waals surface area contributed by atoms with Crippen LogP contribution < -0.4 is 10.2 Å². The summed E-state index contributed by atoms with van der Waals surface area (Å²) < 4.78 is 15.0. The van der Waals surface area contributed by atoms with E-state index in [0.717, 1.165) is 10.4 Å². The molecule has 33 heavy (non-hydrogen) atoms. The summed E-state index contributed by atoms with van der Waals surface area (Å²) >= 11 is 1.47. The molecule has 4 rings (SSSR count). The second-order valence-electron chi connectivity index (χ2n) is 7.48. The maximum absolute atomic E-state index is 15.0. The number of benzene rings is 3. The Hall–Kier alpha value is -3.77. The number of rotatable bonds is 8. The molecule has 0 saturated heterocycles. The third kappa shape index (κ3) is 5.54. The molecule has 0 aliphatic heterocycles. The fourth-order valence-electron chi connectivity index (χ4n) is 3.65. The first kappa shape index (κ1) is 22.4. The van der Waals surface area contributed by atoms with Gasteiger partial charge < -0.3 is 5.32 Å². The zero-order valence-electron chi connectivity index (χ0n) is 17.9. The molecule has 0 saturated carbocycles. The van der Waals surface area contributed by atoms with E-state index < -0.39 is 17.8 Å². The number of nitrogens with one attached hydrogen (secondary N) is 1. The van der Waals surface area contributed by atoms with Crippen molar-refractivity contribution in [2.45, 2.75) is 19.0 Å². The molecule has 2 amide bonds. The third-order valence-electron chi connectivity index (χ3n) is 5.22. The van der Waals surface area contributed by atoms with Crippen LogP contribution in [0.4, 0.5) is 10.1 Å². The van der Waals surface area contributed by atoms with Crippen LogP contribution in [0.1, 0.15) is 22.0 Å². The van der Waals surface area contributed by atoms with Gasteiger partial charge in [0.05, 0.1) is 6.42 Å². The van der Waals surface area contributed by atoms with Gasteiger partial charge in [0.25, 0.3) is 0 Å². The highest BCUT2D eigenvalue weighted by Gasteiger charge is 2.34. The highest BCUT2D eigenvalue weighted by Crippen LogP contribution is 2.30. The number of thiophene rings is 1. The maximum atomic E-state index is 15.0. The van der Waals surface area contributed by atoms with Gasteiger partial charge in [0.2, 0.25) is 11.8 Å². The van der Waals surface area contributed by atoms with Gasteiger partial charge in [-0.05, 0) is 35.2 Å². The van der Waals surface area contributed by atoms with Crippen molar-refractivity contribution in [3.05, 3.63) is 124 Å². The van der Waals surface area contributed by atoms with Crippen molar-refractivity contribution in [3.8, 4) is 0 Å². The average Bonchev–Trinajstić information content (AvgIpc) is 3.36. The summed E-state index contributed by atoms with van der Waals surface area (Å²) in [6, 6.07) is 27.1. The molecule has 0 aliphatic carbocycles. The van der Waals surface area contributed by atoms with E-state index in [1.807, 2.05) is 53.9 Å². The van der Waals surface area contributed by atoms with Gasteiger partial charge in [-0.25, -0.2) is 4.39 Å². The van der Waals surface area contributed by atoms with Crippen LogP contribution in [0.25, 0.3) is 0 Å². The molecule has 1 aromatic heterocycles. The number of anilines is 1. The van der Waals surface area contributed by atoms with Crippen LogP contribution in [0.5, 0.6) is 0 Å². The van der Waals surface area contributed by atoms with Crippen molar-refractivity contribution in [2.24, 2.45) is 0 Å². The van der Waals surface area contributed by atoms with Gasteiger partial charge in [0.1, 0.15) is 11.9 Å². The molecule has 1 heterocycles. The van der Waals surface area contributed by atoms with E-state index in [1.165, 1.54) is 22.3 Å². The van der Waals surface area contributed by atoms with Crippen LogP contribution in [-0.2, 0) is 22.6 Å². The van der Waals surface area contributed by atoms with Crippen LogP contribution in [0.3, 0.4) is 0 Å². The van der Waals surface area contributed by atoms with E-state index in [9.17, 15) is 14.0 Å². The van der Waals surface area contributed by atoms with Crippen molar-refractivity contribution in [1.29, 1.82) is 0 Å². The summed E-state index contributed by atoms with van der Waals surface area (Å²) in [6.45, 7) is 0.270. The Bertz CT molecular complexity index is 1200. The number of hydrogen-bond donors (Lipinski definition) is 1. The Morgan fingerprint density at radius 1 is 0.848 bits per heavy atom. The van der Waals surface area contributed by atoms with Crippen LogP contribution in [0.2, 0.25) is 0 Å². The second kappa shape index (κ2) is 10.7. The molecule has 0 fully saturated rings. The number of carbonyl (C=O) groups is 2. The Kier molecular flexibility index (Phi) is 7.27. The van der Waals surface area contributed by atoms with Gasteiger partial charge in [-0.2, -0.15) is 0 Å². The van der Waals surface area contributed by atoms with Crippen LogP contribution in [0, 0.1) is 5.82 Å². The molecule has 0 aliphatic rings. The molecule has 0 radical (unpaired) electrons. The zero-order chi connectivity index (χ0) is 23.0. The Morgan fingerprint density at radius 3 is 2.18 bits per heavy atom. The minimum Gasteiger partial charge on any atom is -0.350 e. The van der Waals surface area contributed by atoms with E-state index in [1.54, 1.807) is 42.5 Å². The lowest BCUT2D eigenvalue weighted by Crippen LogP contribution is -2.44. The Labute approximate surface area is 196 Å². The van der Waals surface area contributed by atoms with Crippen molar-refractivity contribution in [3.63, 3.8) is 0 Å². The molecule has 4 aromatic rings. The monoisotopic (exact) mass is 458 g/mol. The molecule has 0 spiro atoms. The lowest BCUT2D eigenvalue weighted by atomic mass is 10.0. The minimum atomic E-state index is -1.16. The second-order valence-corrected chi connectivity index (χ2v) is 8.52. The molecule has 6 heteroatoms. The Balaban J connectivity index is 1.73. The summed E-state index contributed by atoms with van der Waals surface area (Å²) in [5.74, 6) is -1.28. The predicted octanol–water partition coefficient (Wildman–Crippen LogP) is 5.52. The smallest absolute Gasteiger partial charge is 0.248 e.